The molecule has 0 spiro atoms. The first-order chi connectivity index (χ1) is 12.1. The summed E-state index contributed by atoms with van der Waals surface area (Å²) in [4.78, 5) is 29.3. The van der Waals surface area contributed by atoms with Crippen LogP contribution in [0.4, 0.5) is 0 Å². The first-order valence-corrected chi connectivity index (χ1v) is 8.66. The number of amides is 1. The van der Waals surface area contributed by atoms with Crippen LogP contribution in [0.2, 0.25) is 5.02 Å². The summed E-state index contributed by atoms with van der Waals surface area (Å²) in [6.45, 7) is 0.492. The van der Waals surface area contributed by atoms with Crippen molar-refractivity contribution in [3.63, 3.8) is 0 Å². The average Bonchev–Trinajstić information content (AvgIpc) is 3.08. The number of oxazole rings is 1. The molecule has 1 unspecified atom stereocenters. The van der Waals surface area contributed by atoms with Crippen molar-refractivity contribution in [1.82, 2.24) is 9.88 Å². The van der Waals surface area contributed by atoms with Gasteiger partial charge in [-0.05, 0) is 31.4 Å². The molecule has 1 N–H and O–H groups in total. The third-order valence-corrected chi connectivity index (χ3v) is 4.68. The molecule has 0 saturated carbocycles. The van der Waals surface area contributed by atoms with E-state index in [0.29, 0.717) is 36.1 Å². The van der Waals surface area contributed by atoms with Crippen LogP contribution in [0.25, 0.3) is 11.3 Å². The van der Waals surface area contributed by atoms with Gasteiger partial charge in [-0.3, -0.25) is 4.79 Å². The third kappa shape index (κ3) is 4.02. The number of carboxylic acid groups (broad SMARTS) is 1. The van der Waals surface area contributed by atoms with Crippen LogP contribution in [0.5, 0.6) is 0 Å². The number of piperidine rings is 1. The van der Waals surface area contributed by atoms with Gasteiger partial charge in [0.15, 0.2) is 11.7 Å². The number of nitrogens with zero attached hydrogens (tertiary/aromatic N) is 2. The maximum absolute atomic E-state index is 12.4. The van der Waals surface area contributed by atoms with Crippen molar-refractivity contribution in [2.75, 3.05) is 6.54 Å². The van der Waals surface area contributed by atoms with Crippen molar-refractivity contribution in [1.29, 1.82) is 0 Å². The summed E-state index contributed by atoms with van der Waals surface area (Å²) in [6.07, 6.45) is 4.27. The Bertz CT molecular complexity index is 774. The monoisotopic (exact) mass is 362 g/mol. The molecule has 2 aromatic rings. The molecule has 6 nitrogen and oxygen atoms in total. The minimum atomic E-state index is -0.940. The predicted octanol–water partition coefficient (Wildman–Crippen LogP) is 3.39. The van der Waals surface area contributed by atoms with E-state index in [1.165, 1.54) is 4.90 Å². The number of carboxylic acids is 1. The Morgan fingerprint density at radius 2 is 2.12 bits per heavy atom. The first kappa shape index (κ1) is 17.5. The molecule has 1 aromatic heterocycles. The zero-order valence-electron chi connectivity index (χ0n) is 13.7. The Labute approximate surface area is 150 Å². The van der Waals surface area contributed by atoms with Crippen molar-refractivity contribution < 1.29 is 19.1 Å². The van der Waals surface area contributed by atoms with Crippen LogP contribution in [0.3, 0.4) is 0 Å². The van der Waals surface area contributed by atoms with Gasteiger partial charge in [0.05, 0.1) is 11.2 Å². The third-order valence-electron chi connectivity index (χ3n) is 4.35. The Morgan fingerprint density at radius 1 is 1.32 bits per heavy atom. The number of hydrogen-bond acceptors (Lipinski definition) is 4. The molecule has 0 bridgehead atoms. The van der Waals surface area contributed by atoms with Crippen LogP contribution in [0.15, 0.2) is 34.9 Å². The van der Waals surface area contributed by atoms with Crippen LogP contribution < -0.4 is 0 Å². The summed E-state index contributed by atoms with van der Waals surface area (Å²) in [5.41, 5.74) is 0.746. The Morgan fingerprint density at radius 3 is 2.88 bits per heavy atom. The molecular formula is C18H19ClN2O4. The molecule has 0 aliphatic carbocycles. The van der Waals surface area contributed by atoms with Gasteiger partial charge in [0.25, 0.3) is 0 Å². The standard InChI is InChI=1S/C18H19ClN2O4/c19-13-6-2-1-5-12(13)15-11-20-16(25-15)8-9-17(22)21-10-4-3-7-14(21)18(23)24/h1-2,5-6,11,14H,3-4,7-10H2,(H,23,24). The van der Waals surface area contributed by atoms with E-state index in [4.69, 9.17) is 16.0 Å². The molecule has 1 aromatic carbocycles. The summed E-state index contributed by atoms with van der Waals surface area (Å²) in [6, 6.07) is 6.58. The van der Waals surface area contributed by atoms with Crippen molar-refractivity contribution >= 4 is 23.5 Å². The maximum Gasteiger partial charge on any atom is 0.326 e. The zero-order valence-corrected chi connectivity index (χ0v) is 14.4. The van der Waals surface area contributed by atoms with E-state index in [1.807, 2.05) is 18.2 Å². The molecule has 1 atom stereocenters. The highest BCUT2D eigenvalue weighted by molar-refractivity contribution is 6.33. The van der Waals surface area contributed by atoms with Crippen LogP contribution >= 0.6 is 11.6 Å². The molecule has 1 aliphatic heterocycles. The molecule has 132 valence electrons. The topological polar surface area (TPSA) is 83.6 Å². The van der Waals surface area contributed by atoms with Gasteiger partial charge in [-0.25, -0.2) is 9.78 Å². The van der Waals surface area contributed by atoms with Crippen molar-refractivity contribution in [3.05, 3.63) is 41.4 Å². The number of likely N-dealkylation sites (tertiary alicyclic amines) is 1. The fourth-order valence-corrected chi connectivity index (χ4v) is 3.28. The molecule has 0 radical (unpaired) electrons. The number of rotatable bonds is 5. The molecule has 1 fully saturated rings. The molecule has 3 rings (SSSR count). The number of carbonyl (C=O) groups excluding carboxylic acids is 1. The lowest BCUT2D eigenvalue weighted by Crippen LogP contribution is -2.48. The lowest BCUT2D eigenvalue weighted by Gasteiger charge is -2.32. The minimum Gasteiger partial charge on any atom is -0.480 e. The highest BCUT2D eigenvalue weighted by atomic mass is 35.5. The SMILES string of the molecule is O=C(O)C1CCCCN1C(=O)CCc1ncc(-c2ccccc2Cl)o1. The normalized spacial score (nSPS) is 17.5. The maximum atomic E-state index is 12.4. The summed E-state index contributed by atoms with van der Waals surface area (Å²) >= 11 is 6.14. The Hall–Kier alpha value is -2.34. The largest absolute Gasteiger partial charge is 0.480 e. The van der Waals surface area contributed by atoms with E-state index in [9.17, 15) is 14.7 Å². The Kier molecular flexibility index (Phi) is 5.38. The Balaban J connectivity index is 1.63. The lowest BCUT2D eigenvalue weighted by molar-refractivity contribution is -0.152. The number of hydrogen-bond donors (Lipinski definition) is 1. The van der Waals surface area contributed by atoms with Gasteiger partial charge in [-0.15, -0.1) is 0 Å². The van der Waals surface area contributed by atoms with Crippen LogP contribution in [-0.2, 0) is 16.0 Å². The van der Waals surface area contributed by atoms with Gasteiger partial charge in [0.1, 0.15) is 6.04 Å². The van der Waals surface area contributed by atoms with E-state index < -0.39 is 12.0 Å². The number of benzene rings is 1. The van der Waals surface area contributed by atoms with E-state index >= 15 is 0 Å². The van der Waals surface area contributed by atoms with Crippen molar-refractivity contribution in [2.24, 2.45) is 0 Å². The number of carbonyl (C=O) groups is 2. The van der Waals surface area contributed by atoms with Crippen LogP contribution in [-0.4, -0.2) is 39.5 Å². The molecular weight excluding hydrogens is 344 g/mol. The van der Waals surface area contributed by atoms with Gasteiger partial charge >= 0.3 is 5.97 Å². The summed E-state index contributed by atoms with van der Waals surface area (Å²) in [7, 11) is 0. The smallest absolute Gasteiger partial charge is 0.326 e. The van der Waals surface area contributed by atoms with E-state index in [-0.39, 0.29) is 12.3 Å². The lowest BCUT2D eigenvalue weighted by atomic mass is 10.0. The van der Waals surface area contributed by atoms with Gasteiger partial charge in [0.2, 0.25) is 5.91 Å². The summed E-state index contributed by atoms with van der Waals surface area (Å²) in [5.74, 6) is -0.128. The van der Waals surface area contributed by atoms with Gasteiger partial charge < -0.3 is 14.4 Å². The highest BCUT2D eigenvalue weighted by Gasteiger charge is 2.31. The molecule has 2 heterocycles. The van der Waals surface area contributed by atoms with Gasteiger partial charge in [-0.2, -0.15) is 0 Å². The fraction of sp³-hybridized carbons (Fsp3) is 0.389. The van der Waals surface area contributed by atoms with E-state index in [0.717, 1.165) is 18.4 Å². The number of aromatic nitrogens is 1. The molecule has 1 saturated heterocycles. The molecule has 25 heavy (non-hydrogen) atoms. The second-order valence-corrected chi connectivity index (χ2v) is 6.44. The van der Waals surface area contributed by atoms with Crippen molar-refractivity contribution in [3.8, 4) is 11.3 Å². The predicted molar refractivity (Wildman–Crippen MR) is 92.3 cm³/mol. The fourth-order valence-electron chi connectivity index (χ4n) is 3.06. The van der Waals surface area contributed by atoms with Crippen molar-refractivity contribution in [2.45, 2.75) is 38.1 Å². The summed E-state index contributed by atoms with van der Waals surface area (Å²) < 4.78 is 5.68. The molecule has 7 heteroatoms. The highest BCUT2D eigenvalue weighted by Crippen LogP contribution is 2.28. The average molecular weight is 363 g/mol. The van der Waals surface area contributed by atoms with Gasteiger partial charge in [-0.1, -0.05) is 23.7 Å². The van der Waals surface area contributed by atoms with E-state index in [1.54, 1.807) is 12.3 Å². The molecule has 1 aliphatic rings. The van der Waals surface area contributed by atoms with Crippen LogP contribution in [0, 0.1) is 0 Å². The first-order valence-electron chi connectivity index (χ1n) is 8.28. The number of aryl methyl sites for hydroxylation is 1. The zero-order chi connectivity index (χ0) is 17.8. The summed E-state index contributed by atoms with van der Waals surface area (Å²) in [5, 5.41) is 9.83. The number of halogens is 1. The van der Waals surface area contributed by atoms with E-state index in [2.05, 4.69) is 4.98 Å². The molecule has 1 amide bonds. The van der Waals surface area contributed by atoms with Gasteiger partial charge in [0, 0.05) is 24.9 Å². The number of aliphatic carboxylic acids is 1. The quantitative estimate of drug-likeness (QED) is 0.881. The second-order valence-electron chi connectivity index (χ2n) is 6.04. The second kappa shape index (κ2) is 7.70. The van der Waals surface area contributed by atoms with Crippen LogP contribution in [0.1, 0.15) is 31.6 Å². The minimum absolute atomic E-state index is 0.173.